The van der Waals surface area contributed by atoms with E-state index >= 15 is 0 Å². The maximum Gasteiger partial charge on any atom is 0.410 e. The second-order valence-corrected chi connectivity index (χ2v) is 12.2. The van der Waals surface area contributed by atoms with E-state index in [0.717, 1.165) is 56.2 Å². The SMILES string of the molecule is COc1cc(C2CCN(C(=O)OC(C)(C)C)CC2)ccc1Nc1ncc2sc(C)c(-c3ccccc3OC)c2n1. The van der Waals surface area contributed by atoms with Gasteiger partial charge in [0.05, 0.1) is 36.3 Å². The molecule has 9 heteroatoms. The molecule has 1 saturated heterocycles. The average molecular weight is 561 g/mol. The first-order valence-corrected chi connectivity index (χ1v) is 14.3. The molecule has 0 spiro atoms. The van der Waals surface area contributed by atoms with Gasteiger partial charge in [0, 0.05) is 29.1 Å². The molecule has 1 fully saturated rings. The van der Waals surface area contributed by atoms with Gasteiger partial charge in [-0.25, -0.2) is 14.8 Å². The fourth-order valence-electron chi connectivity index (χ4n) is 5.14. The Bertz CT molecular complexity index is 1520. The number of nitrogens with one attached hydrogen (secondary N) is 1. The zero-order valence-electron chi connectivity index (χ0n) is 23.9. The zero-order valence-corrected chi connectivity index (χ0v) is 24.7. The Morgan fingerprint density at radius 1 is 1.05 bits per heavy atom. The van der Waals surface area contributed by atoms with E-state index in [2.05, 4.69) is 35.4 Å². The van der Waals surface area contributed by atoms with E-state index in [1.165, 1.54) is 5.56 Å². The number of fused-ring (bicyclic) bond motifs is 1. The number of anilines is 2. The Morgan fingerprint density at radius 2 is 1.77 bits per heavy atom. The van der Waals surface area contributed by atoms with Gasteiger partial charge in [0.2, 0.25) is 5.95 Å². The summed E-state index contributed by atoms with van der Waals surface area (Å²) in [4.78, 5) is 24.9. The smallest absolute Gasteiger partial charge is 0.410 e. The largest absolute Gasteiger partial charge is 0.496 e. The molecule has 2 aromatic carbocycles. The van der Waals surface area contributed by atoms with E-state index in [9.17, 15) is 4.79 Å². The van der Waals surface area contributed by atoms with Crippen LogP contribution in [0.15, 0.2) is 48.7 Å². The molecule has 0 atom stereocenters. The van der Waals surface area contributed by atoms with Gasteiger partial charge in [0.1, 0.15) is 17.1 Å². The molecule has 1 aliphatic heterocycles. The Balaban J connectivity index is 1.35. The van der Waals surface area contributed by atoms with Crippen LogP contribution in [0.2, 0.25) is 0 Å². The highest BCUT2D eigenvalue weighted by Gasteiger charge is 2.28. The summed E-state index contributed by atoms with van der Waals surface area (Å²) in [6.45, 7) is 9.12. The number of hydrogen-bond acceptors (Lipinski definition) is 8. The summed E-state index contributed by atoms with van der Waals surface area (Å²) in [5.41, 5.74) is 4.45. The number of carbonyl (C=O) groups excluding carboxylic acids is 1. The molecule has 2 aromatic heterocycles. The molecule has 4 aromatic rings. The number of amides is 1. The zero-order chi connectivity index (χ0) is 28.4. The fourth-order valence-corrected chi connectivity index (χ4v) is 6.13. The topological polar surface area (TPSA) is 85.8 Å². The number of carbonyl (C=O) groups is 1. The number of thiophene rings is 1. The lowest BCUT2D eigenvalue weighted by Crippen LogP contribution is -2.41. The van der Waals surface area contributed by atoms with Crippen molar-refractivity contribution in [3.63, 3.8) is 0 Å². The van der Waals surface area contributed by atoms with E-state index in [1.807, 2.05) is 51.2 Å². The first-order valence-electron chi connectivity index (χ1n) is 13.5. The molecule has 210 valence electrons. The third-order valence-electron chi connectivity index (χ3n) is 7.07. The maximum absolute atomic E-state index is 12.5. The molecule has 1 amide bonds. The van der Waals surface area contributed by atoms with E-state index in [4.69, 9.17) is 19.2 Å². The maximum atomic E-state index is 12.5. The molecular weight excluding hydrogens is 524 g/mol. The van der Waals surface area contributed by atoms with Crippen molar-refractivity contribution in [1.82, 2.24) is 14.9 Å². The number of aromatic nitrogens is 2. The van der Waals surface area contributed by atoms with Gasteiger partial charge >= 0.3 is 6.09 Å². The van der Waals surface area contributed by atoms with E-state index < -0.39 is 5.60 Å². The van der Waals surface area contributed by atoms with Gasteiger partial charge in [-0.15, -0.1) is 11.3 Å². The number of rotatable bonds is 6. The van der Waals surface area contributed by atoms with Crippen LogP contribution in [0.25, 0.3) is 21.3 Å². The highest BCUT2D eigenvalue weighted by molar-refractivity contribution is 7.19. The minimum absolute atomic E-state index is 0.241. The summed E-state index contributed by atoms with van der Waals surface area (Å²) in [6.07, 6.45) is 3.37. The van der Waals surface area contributed by atoms with Gasteiger partial charge in [-0.1, -0.05) is 24.3 Å². The van der Waals surface area contributed by atoms with Crippen molar-refractivity contribution < 1.29 is 19.0 Å². The summed E-state index contributed by atoms with van der Waals surface area (Å²) in [7, 11) is 3.35. The molecule has 5 rings (SSSR count). The lowest BCUT2D eigenvalue weighted by atomic mass is 9.89. The predicted octanol–water partition coefficient (Wildman–Crippen LogP) is 7.54. The van der Waals surface area contributed by atoms with E-state index in [0.29, 0.717) is 25.0 Å². The number of likely N-dealkylation sites (tertiary alicyclic amines) is 1. The summed E-state index contributed by atoms with van der Waals surface area (Å²) in [5.74, 6) is 2.37. The van der Waals surface area contributed by atoms with Crippen LogP contribution >= 0.6 is 11.3 Å². The number of aryl methyl sites for hydroxylation is 1. The van der Waals surface area contributed by atoms with Crippen LogP contribution in [0, 0.1) is 6.92 Å². The van der Waals surface area contributed by atoms with Crippen molar-refractivity contribution in [3.05, 3.63) is 59.1 Å². The Labute approximate surface area is 239 Å². The highest BCUT2D eigenvalue weighted by atomic mass is 32.1. The molecule has 1 aliphatic rings. The summed E-state index contributed by atoms with van der Waals surface area (Å²) in [5, 5.41) is 3.36. The first-order chi connectivity index (χ1) is 19.2. The number of methoxy groups -OCH3 is 2. The standard InChI is InChI=1S/C31H36N4O4S/c1-19-27(22-9-7-8-10-24(22)37-5)28-26(40-19)18-32-29(34-28)33-23-12-11-21(17-25(23)38-6)20-13-15-35(16-14-20)30(36)39-31(2,3)4/h7-12,17-18,20H,13-16H2,1-6H3,(H,32,33,34). The summed E-state index contributed by atoms with van der Waals surface area (Å²) >= 11 is 1.67. The van der Waals surface area contributed by atoms with Gasteiger partial charge in [0.15, 0.2) is 0 Å². The van der Waals surface area contributed by atoms with Crippen molar-refractivity contribution >= 4 is 39.3 Å². The van der Waals surface area contributed by atoms with Crippen LogP contribution in [-0.4, -0.2) is 53.9 Å². The number of benzene rings is 2. The highest BCUT2D eigenvalue weighted by Crippen LogP contribution is 2.42. The normalized spacial score (nSPS) is 14.3. The third kappa shape index (κ3) is 5.84. The average Bonchev–Trinajstić information content (AvgIpc) is 3.27. The molecular formula is C31H36N4O4S. The van der Waals surface area contributed by atoms with Crippen molar-refractivity contribution in [2.45, 2.75) is 52.1 Å². The van der Waals surface area contributed by atoms with Crippen LogP contribution in [0.4, 0.5) is 16.4 Å². The van der Waals surface area contributed by atoms with Crippen molar-refractivity contribution in [3.8, 4) is 22.6 Å². The first kappa shape index (κ1) is 27.7. The van der Waals surface area contributed by atoms with E-state index in [-0.39, 0.29) is 6.09 Å². The van der Waals surface area contributed by atoms with Crippen LogP contribution in [0.1, 0.15) is 50.0 Å². The Kier molecular flexibility index (Phi) is 7.85. The number of nitrogens with zero attached hydrogens (tertiary/aromatic N) is 3. The molecule has 0 bridgehead atoms. The Morgan fingerprint density at radius 3 is 2.48 bits per heavy atom. The second kappa shape index (κ2) is 11.3. The summed E-state index contributed by atoms with van der Waals surface area (Å²) in [6, 6.07) is 14.2. The minimum atomic E-state index is -0.489. The van der Waals surface area contributed by atoms with Gasteiger partial charge in [-0.2, -0.15) is 0 Å². The minimum Gasteiger partial charge on any atom is -0.496 e. The Hall–Kier alpha value is -3.85. The van der Waals surface area contributed by atoms with Crippen LogP contribution in [0.5, 0.6) is 11.5 Å². The number of ether oxygens (including phenoxy) is 3. The van der Waals surface area contributed by atoms with Crippen LogP contribution in [0.3, 0.4) is 0 Å². The van der Waals surface area contributed by atoms with Crippen LogP contribution in [-0.2, 0) is 4.74 Å². The lowest BCUT2D eigenvalue weighted by Gasteiger charge is -2.33. The third-order valence-corrected chi connectivity index (χ3v) is 8.10. The molecule has 0 radical (unpaired) electrons. The molecule has 0 aliphatic carbocycles. The number of para-hydroxylation sites is 1. The molecule has 1 N–H and O–H groups in total. The predicted molar refractivity (Wildman–Crippen MR) is 160 cm³/mol. The number of hydrogen-bond donors (Lipinski definition) is 1. The lowest BCUT2D eigenvalue weighted by molar-refractivity contribution is 0.0205. The van der Waals surface area contributed by atoms with Crippen LogP contribution < -0.4 is 14.8 Å². The quantitative estimate of drug-likeness (QED) is 0.261. The number of piperidine rings is 1. The molecule has 0 saturated carbocycles. The molecule has 0 unspecified atom stereocenters. The van der Waals surface area contributed by atoms with Crippen molar-refractivity contribution in [2.24, 2.45) is 0 Å². The van der Waals surface area contributed by atoms with Gasteiger partial charge < -0.3 is 24.4 Å². The monoisotopic (exact) mass is 560 g/mol. The van der Waals surface area contributed by atoms with Gasteiger partial charge in [-0.3, -0.25) is 0 Å². The van der Waals surface area contributed by atoms with E-state index in [1.54, 1.807) is 30.5 Å². The van der Waals surface area contributed by atoms with Gasteiger partial charge in [-0.05, 0) is 70.2 Å². The van der Waals surface area contributed by atoms with Gasteiger partial charge in [0.25, 0.3) is 0 Å². The van der Waals surface area contributed by atoms with Crippen molar-refractivity contribution in [2.75, 3.05) is 32.6 Å². The summed E-state index contributed by atoms with van der Waals surface area (Å²) < 4.78 is 17.9. The fraction of sp³-hybridized carbons (Fsp3) is 0.387. The molecule has 8 nitrogen and oxygen atoms in total. The second-order valence-electron chi connectivity index (χ2n) is 11.0. The molecule has 40 heavy (non-hydrogen) atoms. The molecule has 3 heterocycles. The van der Waals surface area contributed by atoms with Crippen molar-refractivity contribution in [1.29, 1.82) is 0 Å².